The SMILES string of the molecule is CCOC(=O)CCc1csc(N(CC)CC)n1. The molecular weight excluding hydrogens is 236 g/mol. The Morgan fingerprint density at radius 1 is 1.41 bits per heavy atom. The van der Waals surface area contributed by atoms with Crippen LogP contribution < -0.4 is 4.90 Å². The number of esters is 1. The molecule has 0 fully saturated rings. The fourth-order valence-corrected chi connectivity index (χ4v) is 2.50. The molecule has 5 heteroatoms. The molecule has 0 N–H and O–H groups in total. The Bertz CT molecular complexity index is 348. The van der Waals surface area contributed by atoms with Crippen LogP contribution in [0.3, 0.4) is 0 Å². The summed E-state index contributed by atoms with van der Waals surface area (Å²) in [6.45, 7) is 8.41. The molecular formula is C12H20N2O2S. The van der Waals surface area contributed by atoms with Gasteiger partial charge in [0.1, 0.15) is 0 Å². The third-order valence-corrected chi connectivity index (χ3v) is 3.41. The van der Waals surface area contributed by atoms with E-state index in [2.05, 4.69) is 23.7 Å². The summed E-state index contributed by atoms with van der Waals surface area (Å²) in [5.74, 6) is -0.148. The highest BCUT2D eigenvalue weighted by molar-refractivity contribution is 7.13. The molecule has 96 valence electrons. The minimum Gasteiger partial charge on any atom is -0.466 e. The molecule has 0 atom stereocenters. The molecule has 0 saturated heterocycles. The number of anilines is 1. The Balaban J connectivity index is 2.48. The molecule has 1 aromatic rings. The van der Waals surface area contributed by atoms with E-state index in [4.69, 9.17) is 4.74 Å². The van der Waals surface area contributed by atoms with E-state index >= 15 is 0 Å². The van der Waals surface area contributed by atoms with Crippen LogP contribution in [0.1, 0.15) is 32.9 Å². The Hall–Kier alpha value is -1.10. The second-order valence-corrected chi connectivity index (χ2v) is 4.44. The van der Waals surface area contributed by atoms with Crippen LogP contribution in [0.25, 0.3) is 0 Å². The first-order valence-electron chi connectivity index (χ1n) is 6.06. The normalized spacial score (nSPS) is 10.3. The van der Waals surface area contributed by atoms with Gasteiger partial charge in [0.2, 0.25) is 0 Å². The summed E-state index contributed by atoms with van der Waals surface area (Å²) in [6.07, 6.45) is 1.08. The number of carbonyl (C=O) groups is 1. The van der Waals surface area contributed by atoms with Gasteiger partial charge < -0.3 is 9.64 Å². The topological polar surface area (TPSA) is 42.4 Å². The molecule has 1 heterocycles. The standard InChI is InChI=1S/C12H20N2O2S/c1-4-14(5-2)12-13-10(9-17-12)7-8-11(15)16-6-3/h9H,4-8H2,1-3H3. The van der Waals surface area contributed by atoms with Crippen molar-refractivity contribution in [3.05, 3.63) is 11.1 Å². The molecule has 0 spiro atoms. The number of thiazole rings is 1. The van der Waals surface area contributed by atoms with Crippen LogP contribution in [0, 0.1) is 0 Å². The largest absolute Gasteiger partial charge is 0.466 e. The quantitative estimate of drug-likeness (QED) is 0.703. The van der Waals surface area contributed by atoms with Crippen molar-refractivity contribution in [2.24, 2.45) is 0 Å². The first-order chi connectivity index (χ1) is 8.21. The summed E-state index contributed by atoms with van der Waals surface area (Å²) >= 11 is 1.63. The van der Waals surface area contributed by atoms with Crippen molar-refractivity contribution in [1.82, 2.24) is 4.98 Å². The van der Waals surface area contributed by atoms with E-state index in [1.165, 1.54) is 0 Å². The monoisotopic (exact) mass is 256 g/mol. The molecule has 17 heavy (non-hydrogen) atoms. The summed E-state index contributed by atoms with van der Waals surface area (Å²) in [4.78, 5) is 17.9. The number of rotatable bonds is 7. The predicted octanol–water partition coefficient (Wildman–Crippen LogP) is 2.49. The second kappa shape index (κ2) is 7.27. The second-order valence-electron chi connectivity index (χ2n) is 3.60. The van der Waals surface area contributed by atoms with Gasteiger partial charge in [-0.2, -0.15) is 0 Å². The highest BCUT2D eigenvalue weighted by Gasteiger charge is 2.09. The zero-order valence-corrected chi connectivity index (χ0v) is 11.5. The zero-order valence-electron chi connectivity index (χ0n) is 10.7. The van der Waals surface area contributed by atoms with E-state index in [-0.39, 0.29) is 5.97 Å². The van der Waals surface area contributed by atoms with Crippen LogP contribution in [0.15, 0.2) is 5.38 Å². The van der Waals surface area contributed by atoms with Gasteiger partial charge in [0, 0.05) is 24.9 Å². The summed E-state index contributed by atoms with van der Waals surface area (Å²) in [5.41, 5.74) is 0.977. The lowest BCUT2D eigenvalue weighted by atomic mass is 10.2. The minimum atomic E-state index is -0.148. The van der Waals surface area contributed by atoms with Gasteiger partial charge in [-0.25, -0.2) is 4.98 Å². The summed E-state index contributed by atoms with van der Waals surface area (Å²) in [7, 11) is 0. The van der Waals surface area contributed by atoms with E-state index in [9.17, 15) is 4.79 Å². The Labute approximate surface area is 107 Å². The van der Waals surface area contributed by atoms with Crippen LogP contribution in [0.4, 0.5) is 5.13 Å². The number of aryl methyl sites for hydroxylation is 1. The van der Waals surface area contributed by atoms with Crippen LogP contribution in [0.5, 0.6) is 0 Å². The average molecular weight is 256 g/mol. The van der Waals surface area contributed by atoms with Crippen LogP contribution in [0.2, 0.25) is 0 Å². The number of carbonyl (C=O) groups excluding carboxylic acids is 1. The van der Waals surface area contributed by atoms with E-state index in [0.717, 1.165) is 23.9 Å². The van der Waals surface area contributed by atoms with Crippen LogP contribution >= 0.6 is 11.3 Å². The third-order valence-electron chi connectivity index (χ3n) is 2.46. The fraction of sp³-hybridized carbons (Fsp3) is 0.667. The molecule has 0 saturated carbocycles. The number of hydrogen-bond donors (Lipinski definition) is 0. The van der Waals surface area contributed by atoms with Crippen LogP contribution in [-0.2, 0) is 16.0 Å². The molecule has 0 radical (unpaired) electrons. The van der Waals surface area contributed by atoms with E-state index < -0.39 is 0 Å². The first-order valence-corrected chi connectivity index (χ1v) is 6.94. The van der Waals surface area contributed by atoms with Gasteiger partial charge in [-0.05, 0) is 20.8 Å². The molecule has 0 aliphatic carbocycles. The van der Waals surface area contributed by atoms with Crippen molar-refractivity contribution in [1.29, 1.82) is 0 Å². The van der Waals surface area contributed by atoms with Gasteiger partial charge in [0.25, 0.3) is 0 Å². The molecule has 0 aromatic carbocycles. The molecule has 0 aliphatic rings. The summed E-state index contributed by atoms with van der Waals surface area (Å²) in [6, 6.07) is 0. The summed E-state index contributed by atoms with van der Waals surface area (Å²) < 4.78 is 4.89. The maximum atomic E-state index is 11.2. The van der Waals surface area contributed by atoms with Crippen molar-refractivity contribution in [2.75, 3.05) is 24.6 Å². The highest BCUT2D eigenvalue weighted by Crippen LogP contribution is 2.20. The maximum Gasteiger partial charge on any atom is 0.306 e. The first kappa shape index (κ1) is 14.0. The number of nitrogens with zero attached hydrogens (tertiary/aromatic N) is 2. The molecule has 0 aliphatic heterocycles. The number of ether oxygens (including phenoxy) is 1. The van der Waals surface area contributed by atoms with Gasteiger partial charge in [-0.3, -0.25) is 4.79 Å². The van der Waals surface area contributed by atoms with Gasteiger partial charge in [0.15, 0.2) is 5.13 Å². The Kier molecular flexibility index (Phi) is 5.97. The molecule has 1 rings (SSSR count). The van der Waals surface area contributed by atoms with Crippen molar-refractivity contribution < 1.29 is 9.53 Å². The van der Waals surface area contributed by atoms with E-state index in [1.54, 1.807) is 11.3 Å². The van der Waals surface area contributed by atoms with Gasteiger partial charge in [0.05, 0.1) is 18.7 Å². The maximum absolute atomic E-state index is 11.2. The van der Waals surface area contributed by atoms with Crippen LogP contribution in [-0.4, -0.2) is 30.6 Å². The lowest BCUT2D eigenvalue weighted by molar-refractivity contribution is -0.143. The molecule has 1 aromatic heterocycles. The third kappa shape index (κ3) is 4.34. The van der Waals surface area contributed by atoms with Gasteiger partial charge >= 0.3 is 5.97 Å². The fourth-order valence-electron chi connectivity index (χ4n) is 1.51. The predicted molar refractivity (Wildman–Crippen MR) is 70.6 cm³/mol. The highest BCUT2D eigenvalue weighted by atomic mass is 32.1. The summed E-state index contributed by atoms with van der Waals surface area (Å²) in [5, 5.41) is 3.06. The Morgan fingerprint density at radius 2 is 2.12 bits per heavy atom. The van der Waals surface area contributed by atoms with Crippen molar-refractivity contribution >= 4 is 22.4 Å². The lowest BCUT2D eigenvalue weighted by Gasteiger charge is -2.16. The molecule has 0 bridgehead atoms. The van der Waals surface area contributed by atoms with Gasteiger partial charge in [-0.15, -0.1) is 11.3 Å². The van der Waals surface area contributed by atoms with E-state index in [1.807, 2.05) is 12.3 Å². The number of hydrogen-bond acceptors (Lipinski definition) is 5. The minimum absolute atomic E-state index is 0.148. The smallest absolute Gasteiger partial charge is 0.306 e. The lowest BCUT2D eigenvalue weighted by Crippen LogP contribution is -2.21. The average Bonchev–Trinajstić information content (AvgIpc) is 2.77. The van der Waals surface area contributed by atoms with E-state index in [0.29, 0.717) is 19.4 Å². The molecule has 4 nitrogen and oxygen atoms in total. The van der Waals surface area contributed by atoms with Crippen molar-refractivity contribution in [3.63, 3.8) is 0 Å². The van der Waals surface area contributed by atoms with Crippen molar-refractivity contribution in [3.8, 4) is 0 Å². The Morgan fingerprint density at radius 3 is 2.71 bits per heavy atom. The van der Waals surface area contributed by atoms with Crippen molar-refractivity contribution in [2.45, 2.75) is 33.6 Å². The number of aromatic nitrogens is 1. The van der Waals surface area contributed by atoms with Gasteiger partial charge in [-0.1, -0.05) is 0 Å². The molecule has 0 unspecified atom stereocenters. The zero-order chi connectivity index (χ0) is 12.7. The molecule has 0 amide bonds.